The van der Waals surface area contributed by atoms with E-state index in [2.05, 4.69) is 15.9 Å². The number of ketones is 1. The van der Waals surface area contributed by atoms with Gasteiger partial charge >= 0.3 is 5.97 Å². The number of benzene rings is 2. The van der Waals surface area contributed by atoms with Crippen LogP contribution in [0.1, 0.15) is 26.5 Å². The van der Waals surface area contributed by atoms with Crippen LogP contribution in [0.15, 0.2) is 75.5 Å². The summed E-state index contributed by atoms with van der Waals surface area (Å²) in [6.45, 7) is 0. The highest BCUT2D eigenvalue weighted by molar-refractivity contribution is 9.10. The molecule has 1 aromatic heterocycles. The third-order valence-corrected chi connectivity index (χ3v) is 4.45. The van der Waals surface area contributed by atoms with E-state index in [1.165, 1.54) is 18.4 Å². The van der Waals surface area contributed by atoms with Crippen LogP contribution in [-0.4, -0.2) is 11.8 Å². The molecule has 0 atom stereocenters. The molecule has 128 valence electrons. The first-order chi connectivity index (χ1) is 12.6. The number of hydrogen-bond acceptors (Lipinski definition) is 5. The average Bonchev–Trinajstić information content (AvgIpc) is 3.24. The van der Waals surface area contributed by atoms with E-state index < -0.39 is 5.97 Å². The minimum absolute atomic E-state index is 0.157. The van der Waals surface area contributed by atoms with Crippen LogP contribution >= 0.6 is 15.9 Å². The van der Waals surface area contributed by atoms with E-state index in [1.807, 2.05) is 6.07 Å². The van der Waals surface area contributed by atoms with E-state index in [-0.39, 0.29) is 17.3 Å². The Labute approximate surface area is 157 Å². The number of esters is 1. The first kappa shape index (κ1) is 16.4. The molecule has 0 N–H and O–H groups in total. The molecular weight excluding hydrogens is 400 g/mol. The van der Waals surface area contributed by atoms with Crippen LogP contribution < -0.4 is 9.47 Å². The van der Waals surface area contributed by atoms with E-state index in [0.29, 0.717) is 27.1 Å². The number of carbonyl (C=O) groups is 2. The van der Waals surface area contributed by atoms with Gasteiger partial charge in [0, 0.05) is 16.6 Å². The lowest BCUT2D eigenvalue weighted by atomic mass is 10.1. The van der Waals surface area contributed by atoms with Gasteiger partial charge in [-0.2, -0.15) is 0 Å². The first-order valence-corrected chi connectivity index (χ1v) is 8.49. The molecule has 0 amide bonds. The van der Waals surface area contributed by atoms with Crippen LogP contribution in [0.3, 0.4) is 0 Å². The van der Waals surface area contributed by atoms with Gasteiger partial charge in [-0.1, -0.05) is 12.1 Å². The van der Waals surface area contributed by atoms with Gasteiger partial charge in [0.1, 0.15) is 17.3 Å². The molecule has 1 aliphatic heterocycles. The summed E-state index contributed by atoms with van der Waals surface area (Å²) >= 11 is 3.32. The van der Waals surface area contributed by atoms with Crippen molar-refractivity contribution in [3.63, 3.8) is 0 Å². The SMILES string of the molecule is O=C(Oc1ccc2c(c1)O/C(=C\c1ccco1)C2=O)c1ccccc1Br. The molecule has 0 saturated heterocycles. The third-order valence-electron chi connectivity index (χ3n) is 3.76. The summed E-state index contributed by atoms with van der Waals surface area (Å²) in [6.07, 6.45) is 3.04. The highest BCUT2D eigenvalue weighted by Gasteiger charge is 2.28. The van der Waals surface area contributed by atoms with Crippen molar-refractivity contribution in [2.75, 3.05) is 0 Å². The summed E-state index contributed by atoms with van der Waals surface area (Å²) < 4.78 is 16.8. The number of carbonyl (C=O) groups excluding carboxylic acids is 2. The molecule has 0 radical (unpaired) electrons. The molecule has 0 unspecified atom stereocenters. The Balaban J connectivity index is 1.57. The lowest BCUT2D eigenvalue weighted by molar-refractivity contribution is 0.0733. The molecule has 26 heavy (non-hydrogen) atoms. The summed E-state index contributed by atoms with van der Waals surface area (Å²) in [5.74, 6) is 0.543. The van der Waals surface area contributed by atoms with Crippen molar-refractivity contribution >= 4 is 33.8 Å². The van der Waals surface area contributed by atoms with Gasteiger partial charge in [0.15, 0.2) is 5.76 Å². The Bertz CT molecular complexity index is 1030. The fourth-order valence-corrected chi connectivity index (χ4v) is 2.97. The zero-order valence-corrected chi connectivity index (χ0v) is 14.9. The van der Waals surface area contributed by atoms with Crippen molar-refractivity contribution in [2.45, 2.75) is 0 Å². The fraction of sp³-hybridized carbons (Fsp3) is 0. The van der Waals surface area contributed by atoms with Gasteiger partial charge in [-0.05, 0) is 52.3 Å². The molecular formula is C20H11BrO5. The molecule has 0 fully saturated rings. The maximum Gasteiger partial charge on any atom is 0.344 e. The molecule has 2 aromatic carbocycles. The number of halogens is 1. The predicted molar refractivity (Wildman–Crippen MR) is 97.2 cm³/mol. The van der Waals surface area contributed by atoms with Crippen molar-refractivity contribution in [2.24, 2.45) is 0 Å². The number of ether oxygens (including phenoxy) is 2. The second-order valence-corrected chi connectivity index (χ2v) is 6.34. The van der Waals surface area contributed by atoms with Gasteiger partial charge in [0.05, 0.1) is 17.4 Å². The Hall–Kier alpha value is -3.12. The second-order valence-electron chi connectivity index (χ2n) is 5.48. The molecule has 4 rings (SSSR count). The number of hydrogen-bond donors (Lipinski definition) is 0. The maximum atomic E-state index is 12.4. The lowest BCUT2D eigenvalue weighted by Gasteiger charge is -2.06. The van der Waals surface area contributed by atoms with Crippen molar-refractivity contribution < 1.29 is 23.5 Å². The normalized spacial score (nSPS) is 14.2. The summed E-state index contributed by atoms with van der Waals surface area (Å²) in [4.78, 5) is 24.7. The Kier molecular flexibility index (Phi) is 4.18. The number of allylic oxidation sites excluding steroid dienone is 1. The Morgan fingerprint density at radius 3 is 2.69 bits per heavy atom. The van der Waals surface area contributed by atoms with E-state index in [0.717, 1.165) is 0 Å². The third kappa shape index (κ3) is 3.07. The van der Waals surface area contributed by atoms with Gasteiger partial charge in [0.2, 0.25) is 5.78 Å². The van der Waals surface area contributed by atoms with E-state index >= 15 is 0 Å². The van der Waals surface area contributed by atoms with Crippen LogP contribution in [0.25, 0.3) is 6.08 Å². The highest BCUT2D eigenvalue weighted by atomic mass is 79.9. The van der Waals surface area contributed by atoms with Crippen LogP contribution in [0.4, 0.5) is 0 Å². The Morgan fingerprint density at radius 2 is 1.92 bits per heavy atom. The van der Waals surface area contributed by atoms with Crippen LogP contribution in [0.5, 0.6) is 11.5 Å². The number of rotatable bonds is 3. The highest BCUT2D eigenvalue weighted by Crippen LogP contribution is 2.35. The van der Waals surface area contributed by atoms with Crippen LogP contribution in [-0.2, 0) is 0 Å². The molecule has 1 aliphatic rings. The smallest absolute Gasteiger partial charge is 0.344 e. The number of Topliss-reactive ketones (excluding diaryl/α,β-unsaturated/α-hetero) is 1. The van der Waals surface area contributed by atoms with Crippen LogP contribution in [0.2, 0.25) is 0 Å². The molecule has 0 aliphatic carbocycles. The van der Waals surface area contributed by atoms with E-state index in [9.17, 15) is 9.59 Å². The van der Waals surface area contributed by atoms with Crippen molar-refractivity contribution in [1.82, 2.24) is 0 Å². The summed E-state index contributed by atoms with van der Waals surface area (Å²) in [5, 5.41) is 0. The van der Waals surface area contributed by atoms with Crippen molar-refractivity contribution in [3.8, 4) is 11.5 Å². The summed E-state index contributed by atoms with van der Waals surface area (Å²) in [6, 6.07) is 15.1. The maximum absolute atomic E-state index is 12.4. The molecule has 5 nitrogen and oxygen atoms in total. The number of furan rings is 1. The summed E-state index contributed by atoms with van der Waals surface area (Å²) in [7, 11) is 0. The monoisotopic (exact) mass is 410 g/mol. The zero-order chi connectivity index (χ0) is 18.1. The molecule has 0 bridgehead atoms. The molecule has 0 spiro atoms. The molecule has 3 aromatic rings. The molecule has 2 heterocycles. The Morgan fingerprint density at radius 1 is 1.08 bits per heavy atom. The van der Waals surface area contributed by atoms with E-state index in [1.54, 1.807) is 42.5 Å². The van der Waals surface area contributed by atoms with Gasteiger partial charge < -0.3 is 13.9 Å². The molecule has 0 saturated carbocycles. The molecule has 6 heteroatoms. The number of fused-ring (bicyclic) bond motifs is 1. The largest absolute Gasteiger partial charge is 0.465 e. The van der Waals surface area contributed by atoms with Gasteiger partial charge in [-0.15, -0.1) is 0 Å². The predicted octanol–water partition coefficient (Wildman–Crippen LogP) is 4.88. The minimum Gasteiger partial charge on any atom is -0.465 e. The minimum atomic E-state index is -0.506. The second kappa shape index (κ2) is 6.65. The zero-order valence-electron chi connectivity index (χ0n) is 13.3. The fourth-order valence-electron chi connectivity index (χ4n) is 2.52. The van der Waals surface area contributed by atoms with Crippen molar-refractivity contribution in [1.29, 1.82) is 0 Å². The topological polar surface area (TPSA) is 65.7 Å². The van der Waals surface area contributed by atoms with E-state index in [4.69, 9.17) is 13.9 Å². The standard InChI is InChI=1S/C20H11BrO5/c21-16-6-2-1-5-14(16)20(23)25-13-7-8-15-17(11-13)26-18(19(15)22)10-12-4-3-9-24-12/h1-11H/b18-10-. The van der Waals surface area contributed by atoms with Gasteiger partial charge in [-0.25, -0.2) is 4.79 Å². The average molecular weight is 411 g/mol. The quantitative estimate of drug-likeness (QED) is 0.349. The lowest BCUT2D eigenvalue weighted by Crippen LogP contribution is -2.09. The van der Waals surface area contributed by atoms with Crippen LogP contribution in [0, 0.1) is 0 Å². The van der Waals surface area contributed by atoms with Crippen molar-refractivity contribution in [3.05, 3.63) is 88.0 Å². The summed E-state index contributed by atoms with van der Waals surface area (Å²) in [5.41, 5.74) is 0.812. The first-order valence-electron chi connectivity index (χ1n) is 7.70. The van der Waals surface area contributed by atoms with Gasteiger partial charge in [0.25, 0.3) is 0 Å². The van der Waals surface area contributed by atoms with Gasteiger partial charge in [-0.3, -0.25) is 4.79 Å².